The predicted octanol–water partition coefficient (Wildman–Crippen LogP) is 2.97. The Labute approximate surface area is 223 Å². The molecule has 204 valence electrons. The second kappa shape index (κ2) is 14.4. The van der Waals surface area contributed by atoms with Crippen LogP contribution in [0.5, 0.6) is 28.7 Å². The van der Waals surface area contributed by atoms with E-state index in [1.54, 1.807) is 18.2 Å². The molecule has 4 rings (SSSR count). The number of hydrogen-bond donors (Lipinski definition) is 5. The molecule has 0 atom stereocenters. The Kier molecular flexibility index (Phi) is 10.5. The number of ether oxygens (including phenoxy) is 3. The monoisotopic (exact) mass is 523 g/mol. The number of rotatable bonds is 2. The molecule has 0 amide bonds. The van der Waals surface area contributed by atoms with Crippen molar-refractivity contribution in [3.8, 4) is 28.7 Å². The highest BCUT2D eigenvalue weighted by atomic mass is 16.5. The quantitative estimate of drug-likeness (QED) is 0.346. The van der Waals surface area contributed by atoms with Crippen molar-refractivity contribution in [1.82, 2.24) is 15.5 Å². The van der Waals surface area contributed by atoms with E-state index >= 15 is 0 Å². The van der Waals surface area contributed by atoms with E-state index in [4.69, 9.17) is 14.2 Å². The average Bonchev–Trinajstić information content (AvgIpc) is 2.92. The van der Waals surface area contributed by atoms with Crippen molar-refractivity contribution in [3.05, 3.63) is 77.4 Å². The molecular formula is C29H37N3O6. The molecule has 0 unspecified atom stereocenters. The molecule has 9 nitrogen and oxygen atoms in total. The van der Waals surface area contributed by atoms with Gasteiger partial charge in [0.25, 0.3) is 0 Å². The van der Waals surface area contributed by atoms with Crippen molar-refractivity contribution in [1.29, 1.82) is 0 Å². The fraction of sp³-hybridized carbons (Fsp3) is 0.379. The van der Waals surface area contributed by atoms with Gasteiger partial charge >= 0.3 is 0 Å². The van der Waals surface area contributed by atoms with Crippen LogP contribution in [-0.4, -0.2) is 72.8 Å². The van der Waals surface area contributed by atoms with Crippen molar-refractivity contribution >= 4 is 0 Å². The number of phenolic OH excluding ortho intramolecular Hbond substituents is 3. The Bertz CT molecular complexity index is 1090. The lowest BCUT2D eigenvalue weighted by Crippen LogP contribution is -2.36. The summed E-state index contributed by atoms with van der Waals surface area (Å²) in [4.78, 5) is 2.25. The summed E-state index contributed by atoms with van der Waals surface area (Å²) < 4.78 is 17.0. The first-order valence-corrected chi connectivity index (χ1v) is 13.0. The molecule has 1 aliphatic rings. The zero-order valence-electron chi connectivity index (χ0n) is 21.6. The average molecular weight is 524 g/mol. The molecule has 5 N–H and O–H groups in total. The van der Waals surface area contributed by atoms with E-state index in [0.29, 0.717) is 57.4 Å². The molecule has 4 bridgehead atoms. The van der Waals surface area contributed by atoms with E-state index in [1.807, 2.05) is 42.5 Å². The zero-order valence-corrected chi connectivity index (χ0v) is 21.6. The van der Waals surface area contributed by atoms with Gasteiger partial charge in [0.1, 0.15) is 19.0 Å². The van der Waals surface area contributed by atoms with Gasteiger partial charge in [-0.1, -0.05) is 42.5 Å². The van der Waals surface area contributed by atoms with Gasteiger partial charge in [0.2, 0.25) is 0 Å². The number of fused-ring (bicyclic) bond motifs is 4. The summed E-state index contributed by atoms with van der Waals surface area (Å²) in [5.41, 5.74) is 2.38. The lowest BCUT2D eigenvalue weighted by Gasteiger charge is -2.23. The topological polar surface area (TPSA) is 116 Å². The van der Waals surface area contributed by atoms with Gasteiger partial charge in [0, 0.05) is 62.5 Å². The molecule has 38 heavy (non-hydrogen) atoms. The first-order chi connectivity index (χ1) is 18.6. The maximum Gasteiger partial charge on any atom is 0.162 e. The summed E-state index contributed by atoms with van der Waals surface area (Å²) in [5.74, 6) is 1.35. The van der Waals surface area contributed by atoms with Gasteiger partial charge in [-0.3, -0.25) is 4.90 Å². The zero-order chi connectivity index (χ0) is 26.6. The van der Waals surface area contributed by atoms with Crippen LogP contribution in [0.2, 0.25) is 0 Å². The molecule has 0 aromatic heterocycles. The maximum absolute atomic E-state index is 10.6. The second-order valence-corrected chi connectivity index (χ2v) is 9.10. The van der Waals surface area contributed by atoms with Crippen LogP contribution in [0.15, 0.2) is 60.7 Å². The third-order valence-corrected chi connectivity index (χ3v) is 6.36. The van der Waals surface area contributed by atoms with Crippen molar-refractivity contribution in [2.45, 2.75) is 19.6 Å². The molecule has 1 aliphatic heterocycles. The van der Waals surface area contributed by atoms with E-state index in [0.717, 1.165) is 29.8 Å². The molecule has 0 saturated heterocycles. The smallest absolute Gasteiger partial charge is 0.162 e. The lowest BCUT2D eigenvalue weighted by molar-refractivity contribution is 0.0750. The summed E-state index contributed by atoms with van der Waals surface area (Å²) in [6, 6.07) is 18.3. The number of para-hydroxylation sites is 3. The van der Waals surface area contributed by atoms with Crippen LogP contribution in [0.3, 0.4) is 0 Å². The normalized spacial score (nSPS) is 16.8. The number of nitrogens with zero attached hydrogens (tertiary/aromatic N) is 1. The fourth-order valence-electron chi connectivity index (χ4n) is 4.25. The van der Waals surface area contributed by atoms with Crippen LogP contribution < -0.4 is 20.1 Å². The van der Waals surface area contributed by atoms with E-state index in [1.165, 1.54) is 0 Å². The van der Waals surface area contributed by atoms with Crippen molar-refractivity contribution in [2.75, 3.05) is 52.6 Å². The number of hydrogen-bond acceptors (Lipinski definition) is 9. The summed E-state index contributed by atoms with van der Waals surface area (Å²) >= 11 is 0. The largest absolute Gasteiger partial charge is 0.508 e. The van der Waals surface area contributed by atoms with Crippen molar-refractivity contribution in [3.63, 3.8) is 0 Å². The Morgan fingerprint density at radius 3 is 1.76 bits per heavy atom. The van der Waals surface area contributed by atoms with Gasteiger partial charge in [0.15, 0.2) is 23.0 Å². The van der Waals surface area contributed by atoms with Gasteiger partial charge in [-0.15, -0.1) is 0 Å². The number of aromatic hydroxyl groups is 3. The van der Waals surface area contributed by atoms with Crippen LogP contribution in [0.25, 0.3) is 0 Å². The van der Waals surface area contributed by atoms with Gasteiger partial charge in [0.05, 0.1) is 13.2 Å². The summed E-state index contributed by atoms with van der Waals surface area (Å²) in [6.45, 7) is 5.69. The lowest BCUT2D eigenvalue weighted by atomic mass is 10.1. The molecule has 9 heteroatoms. The van der Waals surface area contributed by atoms with Crippen LogP contribution in [0.4, 0.5) is 0 Å². The standard InChI is InChI=1S/C29H37N3O6/c33-25-8-2-1-5-24(25)21-32-13-11-30-19-22-6-3-9-26(28(22)34)37-17-15-36-16-18-38-27-10-4-7-23(29(27)35)20-31-12-14-32/h1-10,30-31,33-35H,11-21H2. The highest BCUT2D eigenvalue weighted by molar-refractivity contribution is 5.46. The third-order valence-electron chi connectivity index (χ3n) is 6.36. The van der Waals surface area contributed by atoms with Crippen LogP contribution in [-0.2, 0) is 24.4 Å². The molecule has 0 spiro atoms. The number of benzene rings is 3. The van der Waals surface area contributed by atoms with Crippen LogP contribution >= 0.6 is 0 Å². The third kappa shape index (κ3) is 8.00. The summed E-state index contributed by atoms with van der Waals surface area (Å²) in [6.07, 6.45) is 0. The second-order valence-electron chi connectivity index (χ2n) is 9.10. The first-order valence-electron chi connectivity index (χ1n) is 13.0. The molecule has 3 aromatic rings. The SMILES string of the molecule is Oc1ccccc1CN1CCNCc2cccc(c2O)OCCOCCOc2cccc(c2O)CNCC1. The Morgan fingerprint density at radius 2 is 1.21 bits per heavy atom. The molecule has 3 aromatic carbocycles. The van der Waals surface area contributed by atoms with Crippen LogP contribution in [0, 0.1) is 0 Å². The van der Waals surface area contributed by atoms with Crippen molar-refractivity contribution in [2.24, 2.45) is 0 Å². The van der Waals surface area contributed by atoms with Crippen molar-refractivity contribution < 1.29 is 29.5 Å². The minimum Gasteiger partial charge on any atom is -0.508 e. The van der Waals surface area contributed by atoms with Gasteiger partial charge in [-0.05, 0) is 18.2 Å². The molecule has 0 fully saturated rings. The van der Waals surface area contributed by atoms with Gasteiger partial charge in [-0.2, -0.15) is 0 Å². The minimum atomic E-state index is 0.121. The van der Waals surface area contributed by atoms with Crippen LogP contribution in [0.1, 0.15) is 16.7 Å². The highest BCUT2D eigenvalue weighted by Gasteiger charge is 2.12. The molecule has 0 radical (unpaired) electrons. The van der Waals surface area contributed by atoms with E-state index in [9.17, 15) is 15.3 Å². The fourth-order valence-corrected chi connectivity index (χ4v) is 4.25. The Balaban J connectivity index is 1.44. The minimum absolute atomic E-state index is 0.121. The van der Waals surface area contributed by atoms with Gasteiger partial charge < -0.3 is 40.2 Å². The molecule has 0 saturated carbocycles. The number of nitrogens with one attached hydrogen (secondary N) is 2. The summed E-state index contributed by atoms with van der Waals surface area (Å²) in [7, 11) is 0. The highest BCUT2D eigenvalue weighted by Crippen LogP contribution is 2.30. The Morgan fingerprint density at radius 1 is 0.658 bits per heavy atom. The molecule has 0 aliphatic carbocycles. The predicted molar refractivity (Wildman–Crippen MR) is 145 cm³/mol. The first kappa shape index (κ1) is 27.5. The summed E-state index contributed by atoms with van der Waals surface area (Å²) in [5, 5.41) is 38.4. The number of phenols is 3. The van der Waals surface area contributed by atoms with E-state index in [2.05, 4.69) is 15.5 Å². The Hall–Kier alpha value is -3.50. The molecule has 1 heterocycles. The maximum atomic E-state index is 10.6. The van der Waals surface area contributed by atoms with E-state index in [-0.39, 0.29) is 30.5 Å². The van der Waals surface area contributed by atoms with Gasteiger partial charge in [-0.25, -0.2) is 0 Å². The van der Waals surface area contributed by atoms with E-state index < -0.39 is 0 Å². The molecular weight excluding hydrogens is 486 g/mol.